The molecule has 2 aromatic rings. The van der Waals surface area contributed by atoms with Crippen molar-refractivity contribution in [1.82, 2.24) is 15.0 Å². The SMILES string of the molecule is CCNCc1ccc(S(=O)(=O)NCc2ccccn2)cc1. The highest BCUT2D eigenvalue weighted by Gasteiger charge is 2.13. The van der Waals surface area contributed by atoms with Gasteiger partial charge < -0.3 is 5.32 Å². The van der Waals surface area contributed by atoms with E-state index in [1.165, 1.54) is 0 Å². The predicted octanol–water partition coefficient (Wildman–Crippen LogP) is 1.67. The van der Waals surface area contributed by atoms with Crippen molar-refractivity contribution in [1.29, 1.82) is 0 Å². The van der Waals surface area contributed by atoms with Crippen molar-refractivity contribution < 1.29 is 8.42 Å². The zero-order chi connectivity index (χ0) is 15.1. The molecule has 6 heteroatoms. The Kier molecular flexibility index (Phi) is 5.44. The first kappa shape index (κ1) is 15.6. The lowest BCUT2D eigenvalue weighted by molar-refractivity contribution is 0.580. The van der Waals surface area contributed by atoms with E-state index in [2.05, 4.69) is 15.0 Å². The molecule has 0 atom stereocenters. The summed E-state index contributed by atoms with van der Waals surface area (Å²) in [5, 5.41) is 3.20. The normalized spacial score (nSPS) is 11.5. The molecule has 0 aliphatic heterocycles. The summed E-state index contributed by atoms with van der Waals surface area (Å²) < 4.78 is 26.9. The quantitative estimate of drug-likeness (QED) is 0.816. The Morgan fingerprint density at radius 1 is 1.05 bits per heavy atom. The fraction of sp³-hybridized carbons (Fsp3) is 0.267. The van der Waals surface area contributed by atoms with Crippen molar-refractivity contribution in [2.75, 3.05) is 6.54 Å². The largest absolute Gasteiger partial charge is 0.313 e. The number of nitrogens with one attached hydrogen (secondary N) is 2. The number of hydrogen-bond donors (Lipinski definition) is 2. The average molecular weight is 305 g/mol. The maximum atomic E-state index is 12.2. The van der Waals surface area contributed by atoms with Gasteiger partial charge in [0, 0.05) is 12.7 Å². The van der Waals surface area contributed by atoms with E-state index >= 15 is 0 Å². The third-order valence-electron chi connectivity index (χ3n) is 2.98. The molecule has 0 saturated heterocycles. The summed E-state index contributed by atoms with van der Waals surface area (Å²) in [6, 6.07) is 12.3. The van der Waals surface area contributed by atoms with E-state index in [4.69, 9.17) is 0 Å². The van der Waals surface area contributed by atoms with E-state index in [1.807, 2.05) is 25.1 Å². The number of nitrogens with zero attached hydrogens (tertiary/aromatic N) is 1. The molecule has 1 aromatic heterocycles. The predicted molar refractivity (Wildman–Crippen MR) is 82.1 cm³/mol. The van der Waals surface area contributed by atoms with Crippen molar-refractivity contribution in [3.05, 3.63) is 59.9 Å². The summed E-state index contributed by atoms with van der Waals surface area (Å²) in [5.41, 5.74) is 1.74. The molecule has 21 heavy (non-hydrogen) atoms. The van der Waals surface area contributed by atoms with Crippen LogP contribution in [0.3, 0.4) is 0 Å². The van der Waals surface area contributed by atoms with Crippen LogP contribution in [0.1, 0.15) is 18.2 Å². The number of sulfonamides is 1. The van der Waals surface area contributed by atoms with Gasteiger partial charge in [-0.1, -0.05) is 25.1 Å². The standard InChI is InChI=1S/C15H19N3O2S/c1-2-16-11-13-6-8-15(9-7-13)21(19,20)18-12-14-5-3-4-10-17-14/h3-10,16,18H,2,11-12H2,1H3. The van der Waals surface area contributed by atoms with Gasteiger partial charge in [0.1, 0.15) is 0 Å². The topological polar surface area (TPSA) is 71.1 Å². The second-order valence-corrected chi connectivity index (χ2v) is 6.34. The summed E-state index contributed by atoms with van der Waals surface area (Å²) in [4.78, 5) is 4.35. The molecular weight excluding hydrogens is 286 g/mol. The fourth-order valence-corrected chi connectivity index (χ4v) is 2.81. The summed E-state index contributed by atoms with van der Waals surface area (Å²) in [6.45, 7) is 3.83. The van der Waals surface area contributed by atoms with Crippen LogP contribution >= 0.6 is 0 Å². The van der Waals surface area contributed by atoms with Crippen LogP contribution in [0.5, 0.6) is 0 Å². The summed E-state index contributed by atoms with van der Waals surface area (Å²) >= 11 is 0. The molecule has 0 unspecified atom stereocenters. The summed E-state index contributed by atoms with van der Waals surface area (Å²) in [7, 11) is -3.51. The third-order valence-corrected chi connectivity index (χ3v) is 4.40. The maximum absolute atomic E-state index is 12.2. The number of hydrogen-bond acceptors (Lipinski definition) is 4. The van der Waals surface area contributed by atoms with Crippen LogP contribution in [0.4, 0.5) is 0 Å². The van der Waals surface area contributed by atoms with E-state index in [-0.39, 0.29) is 11.4 Å². The molecule has 0 fully saturated rings. The van der Waals surface area contributed by atoms with E-state index in [9.17, 15) is 8.42 Å². The van der Waals surface area contributed by atoms with Crippen molar-refractivity contribution >= 4 is 10.0 Å². The Hall–Kier alpha value is -1.76. The smallest absolute Gasteiger partial charge is 0.240 e. The number of aromatic nitrogens is 1. The van der Waals surface area contributed by atoms with E-state index in [1.54, 1.807) is 30.5 Å². The molecule has 0 radical (unpaired) electrons. The van der Waals surface area contributed by atoms with Crippen LogP contribution in [-0.2, 0) is 23.1 Å². The molecule has 0 amide bonds. The molecule has 1 aromatic carbocycles. The molecule has 0 saturated carbocycles. The molecule has 5 nitrogen and oxygen atoms in total. The Balaban J connectivity index is 2.02. The van der Waals surface area contributed by atoms with Crippen LogP contribution in [0.25, 0.3) is 0 Å². The molecule has 112 valence electrons. The van der Waals surface area contributed by atoms with Gasteiger partial charge in [-0.3, -0.25) is 4.98 Å². The number of benzene rings is 1. The molecule has 2 N–H and O–H groups in total. The second-order valence-electron chi connectivity index (χ2n) is 4.57. The van der Waals surface area contributed by atoms with Gasteiger partial charge in [0.15, 0.2) is 0 Å². The highest BCUT2D eigenvalue weighted by Crippen LogP contribution is 2.11. The van der Waals surface area contributed by atoms with Gasteiger partial charge in [0.05, 0.1) is 17.1 Å². The fourth-order valence-electron chi connectivity index (χ4n) is 1.81. The Morgan fingerprint density at radius 3 is 2.43 bits per heavy atom. The van der Waals surface area contributed by atoms with Crippen molar-refractivity contribution in [3.8, 4) is 0 Å². The first-order valence-corrected chi connectivity index (χ1v) is 8.29. The van der Waals surface area contributed by atoms with Gasteiger partial charge in [0.2, 0.25) is 10.0 Å². The Labute approximate surface area is 125 Å². The molecule has 2 rings (SSSR count). The summed E-state index contributed by atoms with van der Waals surface area (Å²) in [5.74, 6) is 0. The van der Waals surface area contributed by atoms with Gasteiger partial charge in [-0.2, -0.15) is 0 Å². The molecule has 1 heterocycles. The number of pyridine rings is 1. The van der Waals surface area contributed by atoms with Crippen molar-refractivity contribution in [3.63, 3.8) is 0 Å². The molecule has 0 aliphatic carbocycles. The molecule has 0 spiro atoms. The van der Waals surface area contributed by atoms with Gasteiger partial charge in [-0.05, 0) is 36.4 Å². The van der Waals surface area contributed by atoms with Crippen LogP contribution in [0.15, 0.2) is 53.6 Å². The lowest BCUT2D eigenvalue weighted by Crippen LogP contribution is -2.23. The van der Waals surface area contributed by atoms with Crippen LogP contribution in [-0.4, -0.2) is 19.9 Å². The molecule has 0 bridgehead atoms. The zero-order valence-electron chi connectivity index (χ0n) is 11.9. The first-order valence-electron chi connectivity index (χ1n) is 6.81. The van der Waals surface area contributed by atoms with Gasteiger partial charge in [-0.25, -0.2) is 13.1 Å². The minimum Gasteiger partial charge on any atom is -0.313 e. The van der Waals surface area contributed by atoms with E-state index < -0.39 is 10.0 Å². The van der Waals surface area contributed by atoms with Gasteiger partial charge in [0.25, 0.3) is 0 Å². The Morgan fingerprint density at radius 2 is 1.81 bits per heavy atom. The minimum absolute atomic E-state index is 0.183. The van der Waals surface area contributed by atoms with Crippen molar-refractivity contribution in [2.24, 2.45) is 0 Å². The van der Waals surface area contributed by atoms with Gasteiger partial charge in [-0.15, -0.1) is 0 Å². The summed E-state index contributed by atoms with van der Waals surface area (Å²) in [6.07, 6.45) is 1.64. The minimum atomic E-state index is -3.51. The first-order chi connectivity index (χ1) is 10.1. The average Bonchev–Trinajstić information content (AvgIpc) is 2.52. The highest BCUT2D eigenvalue weighted by molar-refractivity contribution is 7.89. The van der Waals surface area contributed by atoms with Crippen LogP contribution in [0, 0.1) is 0 Å². The second kappa shape index (κ2) is 7.31. The maximum Gasteiger partial charge on any atom is 0.240 e. The highest BCUT2D eigenvalue weighted by atomic mass is 32.2. The van der Waals surface area contributed by atoms with E-state index in [0.29, 0.717) is 5.69 Å². The lowest BCUT2D eigenvalue weighted by atomic mass is 10.2. The van der Waals surface area contributed by atoms with Gasteiger partial charge >= 0.3 is 0 Å². The monoisotopic (exact) mass is 305 g/mol. The van der Waals surface area contributed by atoms with Crippen LogP contribution in [0.2, 0.25) is 0 Å². The van der Waals surface area contributed by atoms with E-state index in [0.717, 1.165) is 18.7 Å². The Bertz CT molecular complexity index is 655. The van der Waals surface area contributed by atoms with Crippen molar-refractivity contribution in [2.45, 2.75) is 24.9 Å². The number of rotatable bonds is 7. The lowest BCUT2D eigenvalue weighted by Gasteiger charge is -2.07. The third kappa shape index (κ3) is 4.63. The molecular formula is C15H19N3O2S. The van der Waals surface area contributed by atoms with Crippen LogP contribution < -0.4 is 10.0 Å². The zero-order valence-corrected chi connectivity index (χ0v) is 12.7. The molecule has 0 aliphatic rings.